The van der Waals surface area contributed by atoms with E-state index in [9.17, 15) is 52.7 Å². The number of hydrogen-bond donors (Lipinski definition) is 2. The standard InChI is InChI=1S/C16H8F12N2O/c17-13(18,19)9-5(29)1-3-7(11(9)15(23,24)25)31-8-4-2-6(30)10(14(20,21)22)12(8)16(26,27)28/h1-4H,29-30H2. The Kier molecular flexibility index (Phi) is 5.72. The summed E-state index contributed by atoms with van der Waals surface area (Å²) in [5, 5.41) is 0. The molecule has 2 rings (SSSR count). The lowest BCUT2D eigenvalue weighted by Gasteiger charge is -2.23. The average Bonchev–Trinajstić information content (AvgIpc) is 2.53. The Morgan fingerprint density at radius 2 is 0.710 bits per heavy atom. The SMILES string of the molecule is Nc1ccc(Oc2ccc(N)c(C(F)(F)F)c2C(F)(F)F)c(C(F)(F)F)c1C(F)(F)F. The van der Waals surface area contributed by atoms with E-state index in [-0.39, 0.29) is 24.3 Å². The molecule has 0 saturated carbocycles. The van der Waals surface area contributed by atoms with Gasteiger partial charge in [0.2, 0.25) is 0 Å². The lowest BCUT2D eigenvalue weighted by Crippen LogP contribution is -2.21. The molecule has 0 fully saturated rings. The molecule has 2 aromatic carbocycles. The van der Waals surface area contributed by atoms with Crippen LogP contribution in [0.15, 0.2) is 24.3 Å². The number of rotatable bonds is 2. The molecule has 0 aliphatic rings. The fourth-order valence-electron chi connectivity index (χ4n) is 2.66. The van der Waals surface area contributed by atoms with Gasteiger partial charge in [0.25, 0.3) is 0 Å². The zero-order valence-corrected chi connectivity index (χ0v) is 14.4. The summed E-state index contributed by atoms with van der Waals surface area (Å²) in [6, 6.07) is 0.805. The van der Waals surface area contributed by atoms with Crippen molar-refractivity contribution in [3.05, 3.63) is 46.5 Å². The Bertz CT molecular complexity index is 907. The first-order chi connectivity index (χ1) is 13.8. The summed E-state index contributed by atoms with van der Waals surface area (Å²) in [5.74, 6) is -3.70. The summed E-state index contributed by atoms with van der Waals surface area (Å²) in [7, 11) is 0. The van der Waals surface area contributed by atoms with Crippen molar-refractivity contribution in [2.75, 3.05) is 11.5 Å². The van der Waals surface area contributed by atoms with Crippen molar-refractivity contribution in [1.82, 2.24) is 0 Å². The highest BCUT2D eigenvalue weighted by atomic mass is 19.4. The van der Waals surface area contributed by atoms with E-state index in [1.54, 1.807) is 0 Å². The molecule has 0 amide bonds. The first-order valence-electron chi connectivity index (χ1n) is 7.57. The van der Waals surface area contributed by atoms with E-state index in [1.807, 2.05) is 0 Å². The van der Waals surface area contributed by atoms with Gasteiger partial charge in [-0.05, 0) is 24.3 Å². The predicted octanol–water partition coefficient (Wildman–Crippen LogP) is 6.72. The molecule has 172 valence electrons. The van der Waals surface area contributed by atoms with E-state index in [0.29, 0.717) is 0 Å². The van der Waals surface area contributed by atoms with Crippen molar-refractivity contribution < 1.29 is 57.4 Å². The minimum atomic E-state index is -5.85. The van der Waals surface area contributed by atoms with Crippen molar-refractivity contribution in [2.45, 2.75) is 24.7 Å². The Morgan fingerprint density at radius 1 is 0.452 bits per heavy atom. The van der Waals surface area contributed by atoms with Crippen LogP contribution in [0.3, 0.4) is 0 Å². The van der Waals surface area contributed by atoms with Gasteiger partial charge < -0.3 is 16.2 Å². The van der Waals surface area contributed by atoms with Gasteiger partial charge in [0.1, 0.15) is 22.6 Å². The van der Waals surface area contributed by atoms with Crippen molar-refractivity contribution in [3.8, 4) is 11.5 Å². The quantitative estimate of drug-likeness (QED) is 0.377. The van der Waals surface area contributed by atoms with E-state index >= 15 is 0 Å². The minimum Gasteiger partial charge on any atom is -0.456 e. The highest BCUT2D eigenvalue weighted by molar-refractivity contribution is 5.62. The van der Waals surface area contributed by atoms with Gasteiger partial charge in [0.05, 0.1) is 11.1 Å². The van der Waals surface area contributed by atoms with Crippen LogP contribution in [0.2, 0.25) is 0 Å². The minimum absolute atomic E-state index is 0.150. The molecule has 15 heteroatoms. The Morgan fingerprint density at radius 3 is 0.935 bits per heavy atom. The van der Waals surface area contributed by atoms with Crippen LogP contribution in [-0.2, 0) is 24.7 Å². The lowest BCUT2D eigenvalue weighted by atomic mass is 10.0. The molecule has 0 aromatic heterocycles. The summed E-state index contributed by atoms with van der Waals surface area (Å²) in [4.78, 5) is 0. The zero-order valence-electron chi connectivity index (χ0n) is 14.4. The van der Waals surface area contributed by atoms with E-state index in [2.05, 4.69) is 4.74 Å². The average molecular weight is 472 g/mol. The first kappa shape index (κ1) is 24.3. The Hall–Kier alpha value is -3.00. The van der Waals surface area contributed by atoms with E-state index in [1.165, 1.54) is 0 Å². The number of anilines is 2. The Balaban J connectivity index is 2.88. The largest absolute Gasteiger partial charge is 0.456 e. The zero-order chi connectivity index (χ0) is 24.2. The van der Waals surface area contributed by atoms with Gasteiger partial charge in [-0.1, -0.05) is 0 Å². The summed E-state index contributed by atoms with van der Waals surface area (Å²) in [6.07, 6.45) is -23.2. The van der Waals surface area contributed by atoms with Gasteiger partial charge in [-0.15, -0.1) is 0 Å². The molecule has 0 unspecified atom stereocenters. The number of benzene rings is 2. The maximum absolute atomic E-state index is 13.3. The van der Waals surface area contributed by atoms with E-state index in [0.717, 1.165) is 0 Å². The summed E-state index contributed by atoms with van der Waals surface area (Å²) in [5.41, 5.74) is -3.15. The molecule has 2 aromatic rings. The molecule has 3 nitrogen and oxygen atoms in total. The normalized spacial score (nSPS) is 13.4. The number of hydrogen-bond acceptors (Lipinski definition) is 3. The second-order valence-corrected chi connectivity index (χ2v) is 5.90. The highest BCUT2D eigenvalue weighted by Crippen LogP contribution is 2.51. The van der Waals surface area contributed by atoms with Gasteiger partial charge in [-0.2, -0.15) is 52.7 Å². The predicted molar refractivity (Wildman–Crippen MR) is 81.8 cm³/mol. The van der Waals surface area contributed by atoms with Crippen molar-refractivity contribution in [3.63, 3.8) is 0 Å². The van der Waals surface area contributed by atoms with Crippen LogP contribution in [0.5, 0.6) is 11.5 Å². The molecule has 0 atom stereocenters. The van der Waals surface area contributed by atoms with Crippen molar-refractivity contribution >= 4 is 11.4 Å². The molecule has 0 saturated heterocycles. The molecule has 0 aliphatic carbocycles. The van der Waals surface area contributed by atoms with Gasteiger partial charge >= 0.3 is 24.7 Å². The number of alkyl halides is 12. The molecule has 31 heavy (non-hydrogen) atoms. The first-order valence-corrected chi connectivity index (χ1v) is 7.57. The number of halogens is 12. The highest BCUT2D eigenvalue weighted by Gasteiger charge is 2.49. The van der Waals surface area contributed by atoms with Crippen LogP contribution in [0.25, 0.3) is 0 Å². The molecule has 0 spiro atoms. The maximum atomic E-state index is 13.3. The molecular formula is C16H8F12N2O. The molecule has 0 aliphatic heterocycles. The smallest absolute Gasteiger partial charge is 0.420 e. The lowest BCUT2D eigenvalue weighted by molar-refractivity contribution is -0.163. The fraction of sp³-hybridized carbons (Fsp3) is 0.250. The van der Waals surface area contributed by atoms with Gasteiger partial charge in [0, 0.05) is 11.4 Å². The summed E-state index contributed by atoms with van der Waals surface area (Å²) < 4.78 is 163. The molecule has 0 bridgehead atoms. The van der Waals surface area contributed by atoms with Crippen LogP contribution < -0.4 is 16.2 Å². The number of ether oxygens (including phenoxy) is 1. The Labute approximate surface area is 164 Å². The van der Waals surface area contributed by atoms with Crippen LogP contribution >= 0.6 is 0 Å². The summed E-state index contributed by atoms with van der Waals surface area (Å²) in [6.45, 7) is 0. The summed E-state index contributed by atoms with van der Waals surface area (Å²) >= 11 is 0. The molecule has 0 radical (unpaired) electrons. The van der Waals surface area contributed by atoms with Crippen LogP contribution in [0.4, 0.5) is 64.1 Å². The fourth-order valence-corrected chi connectivity index (χ4v) is 2.66. The monoisotopic (exact) mass is 472 g/mol. The maximum Gasteiger partial charge on any atom is 0.420 e. The third-order valence-corrected chi connectivity index (χ3v) is 3.75. The third kappa shape index (κ3) is 4.85. The van der Waals surface area contributed by atoms with Crippen LogP contribution in [-0.4, -0.2) is 0 Å². The van der Waals surface area contributed by atoms with Gasteiger partial charge in [0.15, 0.2) is 0 Å². The van der Waals surface area contributed by atoms with E-state index < -0.39 is 69.8 Å². The van der Waals surface area contributed by atoms with Gasteiger partial charge in [-0.3, -0.25) is 0 Å². The van der Waals surface area contributed by atoms with E-state index in [4.69, 9.17) is 11.5 Å². The van der Waals surface area contributed by atoms with Gasteiger partial charge in [-0.25, -0.2) is 0 Å². The number of nitrogens with two attached hydrogens (primary N) is 2. The molecular weight excluding hydrogens is 464 g/mol. The molecule has 0 heterocycles. The van der Waals surface area contributed by atoms with Crippen LogP contribution in [0.1, 0.15) is 22.3 Å². The second-order valence-electron chi connectivity index (χ2n) is 5.90. The second kappa shape index (κ2) is 7.30. The topological polar surface area (TPSA) is 61.3 Å². The number of nitrogen functional groups attached to an aromatic ring is 2. The van der Waals surface area contributed by atoms with Crippen molar-refractivity contribution in [1.29, 1.82) is 0 Å². The molecule has 4 N–H and O–H groups in total. The van der Waals surface area contributed by atoms with Crippen molar-refractivity contribution in [2.24, 2.45) is 0 Å². The third-order valence-electron chi connectivity index (χ3n) is 3.75. The van der Waals surface area contributed by atoms with Crippen LogP contribution in [0, 0.1) is 0 Å².